The van der Waals surface area contributed by atoms with Gasteiger partial charge in [0.25, 0.3) is 0 Å². The Morgan fingerprint density at radius 3 is 0.927 bits per heavy atom. The smallest absolute Gasteiger partial charge is 0.240 e. The molecule has 0 unspecified atom stereocenters. The normalized spacial score (nSPS) is 12.1. The number of para-hydroxylation sites is 8. The lowest BCUT2D eigenvalue weighted by Crippen LogP contribution is -2.10. The largest absolute Gasteiger partial charge is 0.278 e. The van der Waals surface area contributed by atoms with E-state index >= 15 is 0 Å². The highest BCUT2D eigenvalue weighted by molar-refractivity contribution is 6.31. The van der Waals surface area contributed by atoms with Crippen LogP contribution < -0.4 is 0 Å². The molecule has 0 N–H and O–H groups in total. The van der Waals surface area contributed by atoms with Crippen molar-refractivity contribution in [3.8, 4) is 147 Å². The summed E-state index contributed by atoms with van der Waals surface area (Å²) in [5.41, 5.74) is 31.0. The van der Waals surface area contributed by atoms with Crippen LogP contribution in [0, 0.1) is 0 Å². The number of nitrogens with zero attached hydrogens (tertiary/aromatic N) is 12. The van der Waals surface area contributed by atoms with Crippen molar-refractivity contribution >= 4 is 173 Å². The average molecular weight is 1910 g/mol. The van der Waals surface area contributed by atoms with Crippen molar-refractivity contribution in [2.45, 2.75) is 0 Å². The monoisotopic (exact) mass is 1900 g/mol. The molecular formula is C138H80N12. The number of fused-ring (bicyclic) bond motifs is 30. The first-order chi connectivity index (χ1) is 74.4. The number of rotatable bonds is 9. The second-order valence-electron chi connectivity index (χ2n) is 39.4. The van der Waals surface area contributed by atoms with Gasteiger partial charge in [0.1, 0.15) is 0 Å². The molecule has 0 amide bonds. The molecule has 34 rings (SSSR count). The standard InChI is InChI=1S/2C47H27N5.C44H26N2/c2*1-2-14-31-28(12-1)26-29-13-11-19-37-32-25-24-30(27-38(32)44(31)43(29)37)45-48-46(51-39-20-7-3-15-33(39)34-16-4-8-21-40(34)51)50-47(49-45)52-41-22-9-5-17-35(41)36-18-6-10-23-42(36)52;1-2-9-27(10-3-1)29-18-19-32-30(25-29)13-8-16-35(32)40-23-24-45-44(46-40)38-22-21-37-41-33-14-6-4-11-28(33)17-20-36(41)39-26-31-12-5-7-15-34(31)42(38)43(37)39/h2*1-27H;1-26H. The van der Waals surface area contributed by atoms with Crippen LogP contribution in [0.2, 0.25) is 0 Å². The minimum Gasteiger partial charge on any atom is -0.278 e. The topological polar surface area (TPSA) is 123 Å². The number of hydrogen-bond acceptors (Lipinski definition) is 8. The summed E-state index contributed by atoms with van der Waals surface area (Å²) in [6.45, 7) is 0. The Hall–Kier alpha value is -20.3. The van der Waals surface area contributed by atoms with Crippen molar-refractivity contribution in [3.05, 3.63) is 485 Å². The Morgan fingerprint density at radius 1 is 0.140 bits per heavy atom. The van der Waals surface area contributed by atoms with Gasteiger partial charge in [0.2, 0.25) is 23.8 Å². The predicted molar refractivity (Wildman–Crippen MR) is 620 cm³/mol. The van der Waals surface area contributed by atoms with Crippen LogP contribution in [0.5, 0.6) is 0 Å². The van der Waals surface area contributed by atoms with Crippen LogP contribution in [0.1, 0.15) is 0 Å². The third-order valence-electron chi connectivity index (χ3n) is 31.4. The van der Waals surface area contributed by atoms with Gasteiger partial charge < -0.3 is 0 Å². The Bertz CT molecular complexity index is 10400. The van der Waals surface area contributed by atoms with Gasteiger partial charge in [-0.05, 0) is 256 Å². The van der Waals surface area contributed by atoms with Crippen LogP contribution in [-0.2, 0) is 0 Å². The van der Waals surface area contributed by atoms with Gasteiger partial charge >= 0.3 is 0 Å². The van der Waals surface area contributed by atoms with Crippen LogP contribution in [0.4, 0.5) is 0 Å². The van der Waals surface area contributed by atoms with Crippen molar-refractivity contribution in [1.29, 1.82) is 0 Å². The van der Waals surface area contributed by atoms with Gasteiger partial charge in [-0.25, -0.2) is 9.97 Å². The fraction of sp³-hybridized carbons (Fsp3) is 0. The predicted octanol–water partition coefficient (Wildman–Crippen LogP) is 35.1. The van der Waals surface area contributed by atoms with E-state index < -0.39 is 0 Å². The van der Waals surface area contributed by atoms with Gasteiger partial charge in [0, 0.05) is 76.9 Å². The van der Waals surface area contributed by atoms with E-state index in [0.29, 0.717) is 35.4 Å². The molecule has 3 aliphatic carbocycles. The fourth-order valence-electron chi connectivity index (χ4n) is 25.0. The highest BCUT2D eigenvalue weighted by atomic mass is 15.3. The third-order valence-corrected chi connectivity index (χ3v) is 31.4. The van der Waals surface area contributed by atoms with Crippen molar-refractivity contribution in [3.63, 3.8) is 0 Å². The SMILES string of the molecule is c1ccc(-c2ccc3c(-c4ccnc(-c5ccc6c7c(cc8ccccc8c57)-c5ccc7ccccc7c5-6)n4)cccc3c2)cc1.c1ccc2c3c4c(cccc4cc2c1)-c1ccc(-c2nc(-n4c5ccccc5c5ccccc54)nc(-n4c5ccccc5c5ccccc54)n2)cc1-3.c1ccc2c3c4c(cccc4cc2c1)-c1ccc(-c2nc(-n4c5ccccc5c5ccccc54)nc(-n4c5ccccc5c5ccccc54)n2)cc1-3. The highest BCUT2D eigenvalue weighted by Gasteiger charge is 2.33. The Balaban J connectivity index is 0.0000000995. The number of benzene rings is 24. The molecule has 12 heteroatoms. The van der Waals surface area contributed by atoms with Crippen molar-refractivity contribution in [2.75, 3.05) is 0 Å². The first kappa shape index (κ1) is 83.2. The molecule has 0 atom stereocenters. The second kappa shape index (κ2) is 32.6. The maximum Gasteiger partial charge on any atom is 0.240 e. The molecule has 24 aromatic carbocycles. The summed E-state index contributed by atoms with van der Waals surface area (Å²) in [7, 11) is 0. The fourth-order valence-corrected chi connectivity index (χ4v) is 25.0. The summed E-state index contributed by atoms with van der Waals surface area (Å²) in [4.78, 5) is 42.1. The van der Waals surface area contributed by atoms with Crippen LogP contribution in [-0.4, -0.2) is 58.1 Å². The Labute approximate surface area is 858 Å². The van der Waals surface area contributed by atoms with Gasteiger partial charge in [-0.1, -0.05) is 382 Å². The van der Waals surface area contributed by atoms with Crippen molar-refractivity contribution in [2.24, 2.45) is 0 Å². The molecule has 0 fully saturated rings. The van der Waals surface area contributed by atoms with E-state index in [0.717, 1.165) is 121 Å². The van der Waals surface area contributed by atoms with E-state index in [1.54, 1.807) is 0 Å². The number of hydrogen-bond donors (Lipinski definition) is 0. The maximum absolute atomic E-state index is 5.33. The zero-order valence-electron chi connectivity index (χ0n) is 80.6. The van der Waals surface area contributed by atoms with Crippen LogP contribution in [0.15, 0.2) is 485 Å². The molecule has 0 radical (unpaired) electrons. The molecule has 0 aliphatic heterocycles. The van der Waals surface area contributed by atoms with Crippen LogP contribution >= 0.6 is 0 Å². The van der Waals surface area contributed by atoms with E-state index in [-0.39, 0.29) is 0 Å². The summed E-state index contributed by atoms with van der Waals surface area (Å²) >= 11 is 0. The molecule has 12 nitrogen and oxygen atoms in total. The third kappa shape index (κ3) is 12.5. The molecule has 150 heavy (non-hydrogen) atoms. The van der Waals surface area contributed by atoms with E-state index in [4.69, 9.17) is 39.9 Å². The molecule has 0 spiro atoms. The van der Waals surface area contributed by atoms with Gasteiger partial charge in [-0.3, -0.25) is 18.3 Å². The van der Waals surface area contributed by atoms with Gasteiger partial charge in [0.05, 0.1) is 49.8 Å². The first-order valence-electron chi connectivity index (χ1n) is 51.0. The quantitative estimate of drug-likeness (QED) is 0.103. The average Bonchev–Trinajstić information content (AvgIpc) is 1.54. The maximum atomic E-state index is 5.33. The van der Waals surface area contributed by atoms with E-state index in [9.17, 15) is 0 Å². The molecule has 0 bridgehead atoms. The summed E-state index contributed by atoms with van der Waals surface area (Å²) in [5.74, 6) is 4.31. The van der Waals surface area contributed by atoms with Crippen LogP contribution in [0.3, 0.4) is 0 Å². The lowest BCUT2D eigenvalue weighted by Gasteiger charge is -2.13. The van der Waals surface area contributed by atoms with Gasteiger partial charge in [-0.15, -0.1) is 0 Å². The van der Waals surface area contributed by atoms with E-state index in [1.165, 1.54) is 164 Å². The molecular weight excluding hydrogens is 1830 g/mol. The van der Waals surface area contributed by atoms with Gasteiger partial charge in [0.15, 0.2) is 17.5 Å². The van der Waals surface area contributed by atoms with E-state index in [2.05, 4.69) is 491 Å². The minimum atomic E-state index is 0.579. The number of aromatic nitrogens is 12. The summed E-state index contributed by atoms with van der Waals surface area (Å²) in [6, 6.07) is 171. The zero-order chi connectivity index (χ0) is 98.0. The summed E-state index contributed by atoms with van der Waals surface area (Å²) in [6.07, 6.45) is 1.91. The molecule has 31 aromatic rings. The van der Waals surface area contributed by atoms with Crippen LogP contribution in [0.25, 0.3) is 321 Å². The molecule has 692 valence electrons. The lowest BCUT2D eigenvalue weighted by molar-refractivity contribution is 0.892. The van der Waals surface area contributed by atoms with Crippen molar-refractivity contribution < 1.29 is 0 Å². The molecule has 0 saturated carbocycles. The minimum absolute atomic E-state index is 0.579. The molecule has 7 heterocycles. The highest BCUT2D eigenvalue weighted by Crippen LogP contribution is 2.57. The first-order valence-corrected chi connectivity index (χ1v) is 51.0. The Kier molecular flexibility index (Phi) is 18.1. The molecule has 3 aliphatic rings. The zero-order valence-corrected chi connectivity index (χ0v) is 80.6. The summed E-state index contributed by atoms with van der Waals surface area (Å²) in [5, 5.41) is 29.3. The van der Waals surface area contributed by atoms with Gasteiger partial charge in [-0.2, -0.15) is 29.9 Å². The Morgan fingerprint density at radius 2 is 0.480 bits per heavy atom. The molecule has 0 saturated heterocycles. The summed E-state index contributed by atoms with van der Waals surface area (Å²) < 4.78 is 8.74. The lowest BCUT2D eigenvalue weighted by atomic mass is 9.92. The second-order valence-corrected chi connectivity index (χ2v) is 39.4. The van der Waals surface area contributed by atoms with Crippen molar-refractivity contribution in [1.82, 2.24) is 58.1 Å². The van der Waals surface area contributed by atoms with E-state index in [1.807, 2.05) is 12.3 Å². The molecule has 7 aromatic heterocycles.